The Bertz CT molecular complexity index is 271. The fourth-order valence-electron chi connectivity index (χ4n) is 1.76. The van der Waals surface area contributed by atoms with Crippen LogP contribution in [-0.4, -0.2) is 0 Å². The summed E-state index contributed by atoms with van der Waals surface area (Å²) in [6, 6.07) is 11.3. The molecule has 0 aliphatic heterocycles. The van der Waals surface area contributed by atoms with Gasteiger partial charge in [-0.25, -0.2) is 0 Å². The molecule has 1 aromatic carbocycles. The predicted octanol–water partition coefficient (Wildman–Crippen LogP) is 5.25. The number of rotatable bonds is 8. The van der Waals surface area contributed by atoms with Gasteiger partial charge in [0, 0.05) is 0 Å². The van der Waals surface area contributed by atoms with E-state index in [9.17, 15) is 0 Å². The maximum atomic E-state index is 3.20. The molecule has 0 aromatic heterocycles. The van der Waals surface area contributed by atoms with E-state index in [-0.39, 0.29) is 0 Å². The molecule has 0 saturated heterocycles. The first-order valence-electron chi connectivity index (χ1n) is 6.56. The maximum absolute atomic E-state index is 3.20. The van der Waals surface area contributed by atoms with E-state index in [4.69, 9.17) is 0 Å². The van der Waals surface area contributed by atoms with Gasteiger partial charge >= 0.3 is 0 Å². The van der Waals surface area contributed by atoms with Crippen LogP contribution in [0, 0.1) is 6.07 Å². The van der Waals surface area contributed by atoms with Gasteiger partial charge in [-0.3, -0.25) is 0 Å². The predicted molar refractivity (Wildman–Crippen MR) is 72.3 cm³/mol. The summed E-state index contributed by atoms with van der Waals surface area (Å²) >= 11 is 0. The first kappa shape index (κ1) is 13.0. The minimum atomic E-state index is 1.19. The molecule has 0 nitrogen and oxygen atoms in total. The zero-order chi connectivity index (χ0) is 11.5. The lowest BCUT2D eigenvalue weighted by Crippen LogP contribution is -1.77. The Labute approximate surface area is 100 Å². The van der Waals surface area contributed by atoms with Crippen LogP contribution in [0.4, 0.5) is 0 Å². The van der Waals surface area contributed by atoms with Gasteiger partial charge in [0.25, 0.3) is 0 Å². The smallest absolute Gasteiger partial charge is 0.0106 e. The Balaban J connectivity index is 2.01. The van der Waals surface area contributed by atoms with Crippen molar-refractivity contribution in [2.24, 2.45) is 0 Å². The molecule has 0 spiro atoms. The third-order valence-electron chi connectivity index (χ3n) is 2.75. The van der Waals surface area contributed by atoms with Gasteiger partial charge in [0.2, 0.25) is 0 Å². The van der Waals surface area contributed by atoms with Crippen LogP contribution in [-0.2, 0) is 0 Å². The Morgan fingerprint density at radius 2 is 1.88 bits per heavy atom. The summed E-state index contributed by atoms with van der Waals surface area (Å²) in [5.74, 6) is 0. The first-order chi connectivity index (χ1) is 7.93. The Hall–Kier alpha value is -1.04. The number of benzene rings is 1. The molecule has 0 heterocycles. The highest BCUT2D eigenvalue weighted by molar-refractivity contribution is 5.47. The normalized spacial score (nSPS) is 11.1. The molecule has 0 aliphatic rings. The number of hydrogen-bond donors (Lipinski definition) is 0. The molecule has 1 radical (unpaired) electrons. The van der Waals surface area contributed by atoms with E-state index < -0.39 is 0 Å². The summed E-state index contributed by atoms with van der Waals surface area (Å²) in [4.78, 5) is 0. The van der Waals surface area contributed by atoms with Crippen molar-refractivity contribution in [1.82, 2.24) is 0 Å². The molecular formula is C16H23. The van der Waals surface area contributed by atoms with Gasteiger partial charge in [0.05, 0.1) is 0 Å². The summed E-state index contributed by atoms with van der Waals surface area (Å²) in [6.45, 7) is 2.26. The van der Waals surface area contributed by atoms with Crippen molar-refractivity contribution in [1.29, 1.82) is 0 Å². The zero-order valence-electron chi connectivity index (χ0n) is 10.4. The molecule has 1 rings (SSSR count). The van der Waals surface area contributed by atoms with Crippen LogP contribution < -0.4 is 0 Å². The fraction of sp³-hybridized carbons (Fsp3) is 0.500. The van der Waals surface area contributed by atoms with Gasteiger partial charge in [0.1, 0.15) is 0 Å². The average Bonchev–Trinajstić information content (AvgIpc) is 2.34. The van der Waals surface area contributed by atoms with Crippen LogP contribution in [0.2, 0.25) is 0 Å². The molecule has 16 heavy (non-hydrogen) atoms. The number of unbranched alkanes of at least 4 members (excludes halogenated alkanes) is 6. The number of hydrogen-bond acceptors (Lipinski definition) is 0. The highest BCUT2D eigenvalue weighted by Crippen LogP contribution is 2.08. The van der Waals surface area contributed by atoms with Gasteiger partial charge in [-0.05, 0) is 24.5 Å². The Morgan fingerprint density at radius 3 is 2.62 bits per heavy atom. The average molecular weight is 215 g/mol. The van der Waals surface area contributed by atoms with Gasteiger partial charge in [-0.1, -0.05) is 75.4 Å². The molecule has 0 aliphatic carbocycles. The second kappa shape index (κ2) is 9.21. The van der Waals surface area contributed by atoms with Crippen molar-refractivity contribution in [2.75, 3.05) is 0 Å². The molecule has 0 saturated carbocycles. The summed E-state index contributed by atoms with van der Waals surface area (Å²) in [5, 5.41) is 0. The molecule has 0 N–H and O–H groups in total. The molecule has 0 atom stereocenters. The van der Waals surface area contributed by atoms with Crippen molar-refractivity contribution in [3.05, 3.63) is 42.0 Å². The van der Waals surface area contributed by atoms with Gasteiger partial charge in [0.15, 0.2) is 0 Å². The molecule has 87 valence electrons. The van der Waals surface area contributed by atoms with Crippen LogP contribution in [0.3, 0.4) is 0 Å². The quantitative estimate of drug-likeness (QED) is 0.519. The van der Waals surface area contributed by atoms with E-state index in [2.05, 4.69) is 37.3 Å². The van der Waals surface area contributed by atoms with Crippen molar-refractivity contribution in [3.8, 4) is 0 Å². The molecular weight excluding hydrogens is 192 g/mol. The van der Waals surface area contributed by atoms with Crippen LogP contribution in [0.1, 0.15) is 57.4 Å². The van der Waals surface area contributed by atoms with E-state index in [1.165, 1.54) is 50.5 Å². The maximum Gasteiger partial charge on any atom is -0.0106 e. The molecule has 0 unspecified atom stereocenters. The van der Waals surface area contributed by atoms with Crippen LogP contribution in [0.25, 0.3) is 6.08 Å². The molecule has 0 bridgehead atoms. The highest BCUT2D eigenvalue weighted by Gasteiger charge is 1.88. The third-order valence-corrected chi connectivity index (χ3v) is 2.75. The molecule has 0 heteroatoms. The lowest BCUT2D eigenvalue weighted by atomic mass is 10.1. The van der Waals surface area contributed by atoms with Crippen molar-refractivity contribution < 1.29 is 0 Å². The summed E-state index contributed by atoms with van der Waals surface area (Å²) in [7, 11) is 0. The standard InChI is InChI=1S/C16H23/c1-2-3-4-5-6-7-8-10-13-16-14-11-9-12-15-16/h9-14H,2-8H2,1H3/b13-10+. The van der Waals surface area contributed by atoms with E-state index in [1.807, 2.05) is 12.1 Å². The topological polar surface area (TPSA) is 0 Å². The minimum absolute atomic E-state index is 1.19. The SMILES string of the molecule is CCCCCCCC/C=C/c1[c]cccc1. The van der Waals surface area contributed by atoms with Crippen molar-refractivity contribution >= 4 is 6.08 Å². The van der Waals surface area contributed by atoms with Crippen LogP contribution in [0.15, 0.2) is 30.3 Å². The van der Waals surface area contributed by atoms with Crippen LogP contribution >= 0.6 is 0 Å². The zero-order valence-corrected chi connectivity index (χ0v) is 10.4. The Morgan fingerprint density at radius 1 is 1.06 bits per heavy atom. The summed E-state index contributed by atoms with van der Waals surface area (Å²) in [5.41, 5.74) is 1.19. The van der Waals surface area contributed by atoms with Crippen molar-refractivity contribution in [3.63, 3.8) is 0 Å². The lowest BCUT2D eigenvalue weighted by molar-refractivity contribution is 0.611. The number of allylic oxidation sites excluding steroid dienone is 1. The van der Waals surface area contributed by atoms with Gasteiger partial charge < -0.3 is 0 Å². The molecule has 0 amide bonds. The third kappa shape index (κ3) is 6.44. The van der Waals surface area contributed by atoms with E-state index in [0.717, 1.165) is 0 Å². The van der Waals surface area contributed by atoms with Gasteiger partial charge in [-0.2, -0.15) is 0 Å². The van der Waals surface area contributed by atoms with Gasteiger partial charge in [-0.15, -0.1) is 0 Å². The van der Waals surface area contributed by atoms with Crippen molar-refractivity contribution in [2.45, 2.75) is 51.9 Å². The first-order valence-corrected chi connectivity index (χ1v) is 6.56. The van der Waals surface area contributed by atoms with E-state index in [1.54, 1.807) is 0 Å². The largest absolute Gasteiger partial charge is 0.0839 e. The monoisotopic (exact) mass is 215 g/mol. The highest BCUT2D eigenvalue weighted by atomic mass is 13.9. The Kier molecular flexibility index (Phi) is 7.49. The summed E-state index contributed by atoms with van der Waals surface area (Å²) < 4.78 is 0. The second-order valence-electron chi connectivity index (χ2n) is 4.28. The minimum Gasteiger partial charge on any atom is -0.0839 e. The van der Waals surface area contributed by atoms with E-state index in [0.29, 0.717) is 0 Å². The second-order valence-corrected chi connectivity index (χ2v) is 4.28. The lowest BCUT2D eigenvalue weighted by Gasteiger charge is -1.97. The molecule has 0 fully saturated rings. The van der Waals surface area contributed by atoms with Crippen LogP contribution in [0.5, 0.6) is 0 Å². The molecule has 1 aromatic rings. The van der Waals surface area contributed by atoms with E-state index >= 15 is 0 Å². The fourth-order valence-corrected chi connectivity index (χ4v) is 1.76. The summed E-state index contributed by atoms with van der Waals surface area (Å²) in [6.07, 6.45) is 13.9.